The van der Waals surface area contributed by atoms with Crippen molar-refractivity contribution in [3.05, 3.63) is 95.4 Å². The number of hydrogen-bond donors (Lipinski definition) is 5. The number of aryl methyl sites for hydroxylation is 1. The van der Waals surface area contributed by atoms with Crippen LogP contribution >= 0.6 is 11.3 Å². The molecular weight excluding hydrogens is 847 g/mol. The molecule has 0 aliphatic carbocycles. The quantitative estimate of drug-likeness (QED) is 0.0975. The highest BCUT2D eigenvalue weighted by molar-refractivity contribution is 7.13. The molecule has 65 heavy (non-hydrogen) atoms. The highest BCUT2D eigenvalue weighted by Crippen LogP contribution is 2.41. The molecule has 0 bridgehead atoms. The third-order valence-corrected chi connectivity index (χ3v) is 13.8. The van der Waals surface area contributed by atoms with Gasteiger partial charge in [-0.3, -0.25) is 24.3 Å². The van der Waals surface area contributed by atoms with Crippen molar-refractivity contribution < 1.29 is 33.8 Å². The van der Waals surface area contributed by atoms with Crippen LogP contribution in [0.3, 0.4) is 0 Å². The molecule has 0 saturated carbocycles. The van der Waals surface area contributed by atoms with Crippen molar-refractivity contribution in [1.29, 1.82) is 0 Å². The number of likely N-dealkylation sites (tertiary alicyclic amines) is 1. The number of aliphatic hydroxyl groups is 1. The highest BCUT2D eigenvalue weighted by Gasteiger charge is 2.48. The molecule has 8 rings (SSSR count). The number of rotatable bonds is 12. The zero-order valence-electron chi connectivity index (χ0n) is 37.6. The maximum absolute atomic E-state index is 14.4. The number of methoxy groups -OCH3 is 1. The van der Waals surface area contributed by atoms with Crippen molar-refractivity contribution in [2.75, 3.05) is 37.0 Å². The Labute approximate surface area is 382 Å². The lowest BCUT2D eigenvalue weighted by Gasteiger charge is -2.40. The number of thiazole rings is 1. The first-order valence-corrected chi connectivity index (χ1v) is 23.0. The third-order valence-electron chi connectivity index (χ3n) is 12.8. The molecule has 4 amide bonds. The lowest BCUT2D eigenvalue weighted by Crippen LogP contribution is -2.59. The van der Waals surface area contributed by atoms with Crippen LogP contribution in [0.2, 0.25) is 0 Å². The summed E-state index contributed by atoms with van der Waals surface area (Å²) in [6.07, 6.45) is 2.68. The minimum atomic E-state index is -0.969. The van der Waals surface area contributed by atoms with Crippen LogP contribution in [0, 0.1) is 12.3 Å². The fourth-order valence-electron chi connectivity index (χ4n) is 9.07. The molecule has 16 nitrogen and oxygen atoms in total. The summed E-state index contributed by atoms with van der Waals surface area (Å²) in [5.41, 5.74) is 6.53. The number of ether oxygens (including phenoxy) is 2. The van der Waals surface area contributed by atoms with Crippen LogP contribution in [-0.4, -0.2) is 110 Å². The number of carbonyl (C=O) groups excluding carboxylic acids is 4. The molecule has 1 spiro atoms. The molecular formula is C48H57N9O7S. The van der Waals surface area contributed by atoms with Crippen molar-refractivity contribution in [3.8, 4) is 27.6 Å². The maximum atomic E-state index is 14.4. The minimum Gasteiger partial charge on any atom is -0.494 e. The SMILES string of the molecule is COc1cc(N2CCC3(CC[C@@H](C(=O)N[C@H](C(=O)N4C[C@H](O)C[C@H]4C(=O)N[C@@H](C)c4ccc(-c5scnc5C)cc4)C(C)(C)C)O3)CC2)ccc1NC(=O)c1cccc(-c2ccn[nH]2)n1. The Bertz CT molecular complexity index is 2510. The van der Waals surface area contributed by atoms with Gasteiger partial charge in [0.2, 0.25) is 17.7 Å². The molecule has 6 heterocycles. The minimum absolute atomic E-state index is 0.0152. The zero-order valence-corrected chi connectivity index (χ0v) is 38.4. The lowest BCUT2D eigenvalue weighted by molar-refractivity contribution is -0.148. The Morgan fingerprint density at radius 1 is 1.00 bits per heavy atom. The first-order chi connectivity index (χ1) is 31.1. The standard InChI is InChI=1S/C48H57N9O7S/c1-28(30-10-12-31(13-11-30)41-29(2)49-27-65-41)51-44(60)38-25-33(58)26-57(38)46(62)42(47(3,4)5)54-45(61)39-16-18-48(64-39)19-22-56(23-20-48)32-14-15-36(40(24-32)63-6)53-43(59)37-9-7-8-34(52-37)35-17-21-50-55-35/h7-15,17,21,24,27-28,33,38-39,42,58H,16,18-20,22-23,25-26H2,1-6H3,(H,50,55)(H,51,60)(H,53,59)(H,54,61)/t28-,33+,38-,39-,42+/m0/s1. The van der Waals surface area contributed by atoms with E-state index < -0.39 is 41.2 Å². The van der Waals surface area contributed by atoms with Gasteiger partial charge in [0.1, 0.15) is 29.6 Å². The van der Waals surface area contributed by atoms with Gasteiger partial charge in [0, 0.05) is 44.0 Å². The second kappa shape index (κ2) is 18.7. The van der Waals surface area contributed by atoms with Gasteiger partial charge in [-0.2, -0.15) is 5.10 Å². The van der Waals surface area contributed by atoms with Gasteiger partial charge < -0.3 is 40.3 Å². The summed E-state index contributed by atoms with van der Waals surface area (Å²) in [7, 11) is 1.56. The number of amides is 4. The number of β-amino-alcohol motifs (C(OH)–C–C–N with tert-alkyl or cyclic N) is 1. The lowest BCUT2D eigenvalue weighted by atomic mass is 9.85. The van der Waals surface area contributed by atoms with Crippen LogP contribution in [0.15, 0.2) is 78.4 Å². The van der Waals surface area contributed by atoms with Crippen molar-refractivity contribution in [3.63, 3.8) is 0 Å². The van der Waals surface area contributed by atoms with Gasteiger partial charge in [0.25, 0.3) is 5.91 Å². The van der Waals surface area contributed by atoms with Gasteiger partial charge in [-0.25, -0.2) is 9.97 Å². The van der Waals surface area contributed by atoms with E-state index in [0.29, 0.717) is 61.6 Å². The summed E-state index contributed by atoms with van der Waals surface area (Å²) in [6.45, 7) is 10.8. The van der Waals surface area contributed by atoms with E-state index in [1.54, 1.807) is 48.9 Å². The van der Waals surface area contributed by atoms with Crippen LogP contribution in [-0.2, 0) is 19.1 Å². The van der Waals surface area contributed by atoms with Gasteiger partial charge in [-0.1, -0.05) is 51.1 Å². The van der Waals surface area contributed by atoms with Gasteiger partial charge in [0.05, 0.1) is 58.0 Å². The summed E-state index contributed by atoms with van der Waals surface area (Å²) < 4.78 is 12.3. The van der Waals surface area contributed by atoms with Gasteiger partial charge in [-0.15, -0.1) is 11.3 Å². The number of nitrogens with zero attached hydrogens (tertiary/aromatic N) is 5. The fourth-order valence-corrected chi connectivity index (χ4v) is 9.88. The third kappa shape index (κ3) is 9.92. The normalized spacial score (nSPS) is 20.3. The van der Waals surface area contributed by atoms with Crippen molar-refractivity contribution in [2.24, 2.45) is 5.41 Å². The zero-order chi connectivity index (χ0) is 46.0. The van der Waals surface area contributed by atoms with E-state index in [2.05, 4.69) is 41.0 Å². The maximum Gasteiger partial charge on any atom is 0.274 e. The Balaban J connectivity index is 0.857. The van der Waals surface area contributed by atoms with E-state index in [-0.39, 0.29) is 42.4 Å². The highest BCUT2D eigenvalue weighted by atomic mass is 32.1. The number of aromatic nitrogens is 4. The summed E-state index contributed by atoms with van der Waals surface area (Å²) in [5.74, 6) is -1.02. The molecule has 2 aromatic carbocycles. The number of anilines is 2. The molecule has 5 aromatic rings. The van der Waals surface area contributed by atoms with E-state index in [1.807, 2.05) is 82.6 Å². The largest absolute Gasteiger partial charge is 0.494 e. The molecule has 0 unspecified atom stereocenters. The molecule has 0 radical (unpaired) electrons. The smallest absolute Gasteiger partial charge is 0.274 e. The molecule has 3 saturated heterocycles. The van der Waals surface area contributed by atoms with Gasteiger partial charge in [0.15, 0.2) is 0 Å². The number of carbonyl (C=O) groups is 4. The van der Waals surface area contributed by atoms with Crippen LogP contribution in [0.1, 0.15) is 87.6 Å². The number of aromatic amines is 1. The summed E-state index contributed by atoms with van der Waals surface area (Å²) in [4.78, 5) is 68.9. The monoisotopic (exact) mass is 903 g/mol. The van der Waals surface area contributed by atoms with Crippen LogP contribution in [0.25, 0.3) is 21.8 Å². The number of aliphatic hydroxyl groups excluding tert-OH is 1. The summed E-state index contributed by atoms with van der Waals surface area (Å²) in [6, 6.07) is 18.4. The van der Waals surface area contributed by atoms with E-state index in [9.17, 15) is 24.3 Å². The number of piperidine rings is 1. The molecule has 3 fully saturated rings. The Hall–Kier alpha value is -6.17. The number of nitrogens with one attached hydrogen (secondary N) is 4. The van der Waals surface area contributed by atoms with E-state index in [1.165, 1.54) is 4.90 Å². The van der Waals surface area contributed by atoms with E-state index >= 15 is 0 Å². The van der Waals surface area contributed by atoms with Crippen LogP contribution in [0.4, 0.5) is 11.4 Å². The molecule has 3 aromatic heterocycles. The number of benzene rings is 2. The van der Waals surface area contributed by atoms with Crippen molar-refractivity contribution >= 4 is 46.3 Å². The molecule has 3 aliphatic rings. The van der Waals surface area contributed by atoms with Crippen molar-refractivity contribution in [1.82, 2.24) is 35.7 Å². The second-order valence-corrected chi connectivity index (χ2v) is 19.2. The van der Waals surface area contributed by atoms with E-state index in [4.69, 9.17) is 9.47 Å². The molecule has 17 heteroatoms. The Morgan fingerprint density at radius 2 is 1.77 bits per heavy atom. The topological polar surface area (TPSA) is 204 Å². The predicted molar refractivity (Wildman–Crippen MR) is 247 cm³/mol. The first kappa shape index (κ1) is 45.4. The summed E-state index contributed by atoms with van der Waals surface area (Å²) >= 11 is 1.58. The molecule has 3 aliphatic heterocycles. The number of H-pyrrole nitrogens is 1. The first-order valence-electron chi connectivity index (χ1n) is 22.1. The molecule has 5 atom stereocenters. The van der Waals surface area contributed by atoms with E-state index in [0.717, 1.165) is 27.4 Å². The molecule has 342 valence electrons. The fraction of sp³-hybridized carbons (Fsp3) is 0.438. The average molecular weight is 904 g/mol. The van der Waals surface area contributed by atoms with Crippen molar-refractivity contribution in [2.45, 2.75) is 103 Å². The van der Waals surface area contributed by atoms with Crippen LogP contribution in [0.5, 0.6) is 5.75 Å². The number of pyridine rings is 1. The van der Waals surface area contributed by atoms with Gasteiger partial charge in [-0.05, 0) is 86.4 Å². The number of hydrogen-bond acceptors (Lipinski definition) is 12. The summed E-state index contributed by atoms with van der Waals surface area (Å²) in [5, 5.41) is 26.6. The van der Waals surface area contributed by atoms with Gasteiger partial charge >= 0.3 is 0 Å². The second-order valence-electron chi connectivity index (χ2n) is 18.4. The Kier molecular flexibility index (Phi) is 13.1. The van der Waals surface area contributed by atoms with Crippen LogP contribution < -0.4 is 25.6 Å². The predicted octanol–water partition coefficient (Wildman–Crippen LogP) is 6.05. The molecule has 5 N–H and O–H groups in total. The Morgan fingerprint density at radius 3 is 2.45 bits per heavy atom. The average Bonchev–Trinajstić information content (AvgIpc) is 4.14.